The molecule has 0 spiro atoms. The van der Waals surface area contributed by atoms with Crippen molar-refractivity contribution in [1.29, 1.82) is 0 Å². The van der Waals surface area contributed by atoms with Crippen LogP contribution >= 0.6 is 0 Å². The Hall–Kier alpha value is -1.58. The van der Waals surface area contributed by atoms with Crippen LogP contribution in [0.3, 0.4) is 0 Å². The summed E-state index contributed by atoms with van der Waals surface area (Å²) < 4.78 is 14.8. The van der Waals surface area contributed by atoms with E-state index in [0.717, 1.165) is 40.4 Å². The van der Waals surface area contributed by atoms with Gasteiger partial charge in [0, 0.05) is 29.8 Å². The number of halogens is 1. The van der Waals surface area contributed by atoms with E-state index in [9.17, 15) is 4.32 Å². The third-order valence-corrected chi connectivity index (χ3v) is 3.61. The lowest BCUT2D eigenvalue weighted by Crippen LogP contribution is -2.16. The van der Waals surface area contributed by atoms with Crippen molar-refractivity contribution >= 4 is 19.0 Å². The largest absolute Gasteiger partial charge is 0.792 e. The molecular weight excluding hydrogens is 238 g/mol. The Kier molecular flexibility index (Phi) is 3.79. The van der Waals surface area contributed by atoms with E-state index >= 15 is 0 Å². The summed E-state index contributed by atoms with van der Waals surface area (Å²) in [5.74, 6) is 0. The summed E-state index contributed by atoms with van der Waals surface area (Å²) in [6, 6.07) is 2.12. The van der Waals surface area contributed by atoms with Gasteiger partial charge in [0.2, 0.25) is 0 Å². The van der Waals surface area contributed by atoms with Gasteiger partial charge in [-0.1, -0.05) is 6.92 Å². The lowest BCUT2D eigenvalue weighted by atomic mass is 9.99. The topological polar surface area (TPSA) is 18.8 Å². The van der Waals surface area contributed by atoms with Gasteiger partial charge in [-0.15, -0.1) is 0 Å². The molecule has 99 valence electrons. The number of allylic oxidation sites excluding steroid dienone is 3. The van der Waals surface area contributed by atoms with E-state index in [4.69, 9.17) is 0 Å². The van der Waals surface area contributed by atoms with Gasteiger partial charge in [0.25, 0.3) is 0 Å². The highest BCUT2D eigenvalue weighted by molar-refractivity contribution is 6.19. The molecule has 0 aromatic carbocycles. The number of aromatic nitrogens is 1. The molecule has 2 nitrogen and oxygen atoms in total. The highest BCUT2D eigenvalue weighted by Gasteiger charge is 2.31. The first kappa shape index (κ1) is 13.8. The third kappa shape index (κ3) is 2.31. The molecule has 1 aromatic rings. The van der Waals surface area contributed by atoms with Crippen molar-refractivity contribution in [1.82, 2.24) is 4.98 Å². The maximum atomic E-state index is 13.2. The van der Waals surface area contributed by atoms with Crippen LogP contribution in [0.4, 0.5) is 4.32 Å². The van der Waals surface area contributed by atoms with Crippen LogP contribution in [0.2, 0.25) is 0 Å². The molecule has 0 aliphatic carbocycles. The summed E-state index contributed by atoms with van der Waals surface area (Å²) in [7, 11) is 0.651. The molecule has 1 N–H and O–H groups in total. The summed E-state index contributed by atoms with van der Waals surface area (Å²) in [6.45, 7) is 10.2. The van der Waals surface area contributed by atoms with Crippen molar-refractivity contribution in [3.8, 4) is 0 Å². The van der Waals surface area contributed by atoms with Crippen molar-refractivity contribution in [3.05, 3.63) is 40.4 Å². The molecular formula is C15H20BFN2+. The smallest absolute Gasteiger partial charge is 0.359 e. The van der Waals surface area contributed by atoms with Crippen molar-refractivity contribution < 1.29 is 8.80 Å². The Bertz CT molecular complexity index is 606. The first-order valence-electron chi connectivity index (χ1n) is 6.64. The number of H-pyrrole nitrogens is 1. The molecule has 19 heavy (non-hydrogen) atoms. The fourth-order valence-electron chi connectivity index (χ4n) is 2.83. The Balaban J connectivity index is 2.67. The Labute approximate surface area is 115 Å². The monoisotopic (exact) mass is 258 g/mol. The molecule has 1 aromatic heterocycles. The van der Waals surface area contributed by atoms with Gasteiger partial charge in [-0.2, -0.15) is 0 Å². The number of hydrogen-bond donors (Lipinski definition) is 1. The molecule has 0 unspecified atom stereocenters. The molecule has 0 atom stereocenters. The first-order valence-corrected chi connectivity index (χ1v) is 6.64. The maximum Gasteiger partial charge on any atom is 0.792 e. The molecule has 4 heteroatoms. The van der Waals surface area contributed by atoms with Gasteiger partial charge in [-0.05, 0) is 38.8 Å². The zero-order chi connectivity index (χ0) is 14.2. The van der Waals surface area contributed by atoms with Crippen LogP contribution in [0.1, 0.15) is 44.1 Å². The highest BCUT2D eigenvalue weighted by Crippen LogP contribution is 2.31. The third-order valence-electron chi connectivity index (χ3n) is 3.61. The van der Waals surface area contributed by atoms with Crippen LogP contribution in [-0.4, -0.2) is 22.9 Å². The van der Waals surface area contributed by atoms with E-state index in [0.29, 0.717) is 7.69 Å². The SMILES string of the molecule is CC/C(=C1\C(C)=CC(C)=[N+]1[B]F)c1[nH]c(C)cc1C. The number of rotatable bonds is 3. The van der Waals surface area contributed by atoms with E-state index in [1.807, 2.05) is 26.8 Å². The van der Waals surface area contributed by atoms with Gasteiger partial charge < -0.3 is 4.98 Å². The second-order valence-corrected chi connectivity index (χ2v) is 5.13. The van der Waals surface area contributed by atoms with E-state index in [2.05, 4.69) is 24.9 Å². The number of aromatic amines is 1. The minimum atomic E-state index is 0.651. The summed E-state index contributed by atoms with van der Waals surface area (Å²) in [5.41, 5.74) is 7.60. The minimum Gasteiger partial charge on any atom is -0.359 e. The highest BCUT2D eigenvalue weighted by atomic mass is 19.1. The molecule has 0 amide bonds. The molecule has 2 rings (SSSR count). The summed E-state index contributed by atoms with van der Waals surface area (Å²) in [5, 5.41) is 0. The Morgan fingerprint density at radius 3 is 2.47 bits per heavy atom. The van der Waals surface area contributed by atoms with Crippen molar-refractivity contribution in [2.45, 2.75) is 41.0 Å². The minimum absolute atomic E-state index is 0.651. The lowest BCUT2D eigenvalue weighted by molar-refractivity contribution is -0.320. The summed E-state index contributed by atoms with van der Waals surface area (Å²) in [6.07, 6.45) is 2.88. The lowest BCUT2D eigenvalue weighted by Gasteiger charge is -2.09. The molecule has 1 aliphatic heterocycles. The van der Waals surface area contributed by atoms with Gasteiger partial charge >= 0.3 is 7.69 Å². The molecule has 0 fully saturated rings. The molecule has 1 radical (unpaired) electrons. The molecule has 1 aliphatic rings. The van der Waals surface area contributed by atoms with Crippen LogP contribution in [0.25, 0.3) is 5.57 Å². The van der Waals surface area contributed by atoms with E-state index < -0.39 is 0 Å². The molecule has 0 saturated heterocycles. The van der Waals surface area contributed by atoms with Gasteiger partial charge in [0.05, 0.1) is 5.69 Å². The predicted molar refractivity (Wildman–Crippen MR) is 79.0 cm³/mol. The second kappa shape index (κ2) is 5.20. The number of nitrogens with zero attached hydrogens (tertiary/aromatic N) is 1. The van der Waals surface area contributed by atoms with Crippen LogP contribution in [0.5, 0.6) is 0 Å². The average Bonchev–Trinajstić information content (AvgIpc) is 2.81. The average molecular weight is 258 g/mol. The van der Waals surface area contributed by atoms with Crippen LogP contribution in [0.15, 0.2) is 23.4 Å². The van der Waals surface area contributed by atoms with Crippen LogP contribution < -0.4 is 0 Å². The normalized spacial score (nSPS) is 17.9. The first-order chi connectivity index (χ1) is 8.99. The summed E-state index contributed by atoms with van der Waals surface area (Å²) in [4.78, 5) is 3.39. The summed E-state index contributed by atoms with van der Waals surface area (Å²) >= 11 is 0. The van der Waals surface area contributed by atoms with Gasteiger partial charge in [0.15, 0.2) is 11.4 Å². The van der Waals surface area contributed by atoms with E-state index in [1.165, 1.54) is 5.56 Å². The van der Waals surface area contributed by atoms with Gasteiger partial charge in [0.1, 0.15) is 0 Å². The molecule has 0 saturated carbocycles. The van der Waals surface area contributed by atoms with E-state index in [-0.39, 0.29) is 0 Å². The van der Waals surface area contributed by atoms with Crippen molar-refractivity contribution in [2.75, 3.05) is 0 Å². The number of aryl methyl sites for hydroxylation is 2. The van der Waals surface area contributed by atoms with Crippen LogP contribution in [0, 0.1) is 13.8 Å². The van der Waals surface area contributed by atoms with E-state index in [1.54, 1.807) is 4.49 Å². The maximum absolute atomic E-state index is 13.2. The Morgan fingerprint density at radius 1 is 1.32 bits per heavy atom. The number of hydrogen-bond acceptors (Lipinski definition) is 0. The standard InChI is InChI=1S/C15H20BFN2/c1-6-13(14-9(2)7-11(4)18-14)15-10(3)8-12(5)19(15)16-17/h7-8,18H,6H2,1-5H3/q+1. The Morgan fingerprint density at radius 2 is 2.00 bits per heavy atom. The predicted octanol–water partition coefficient (Wildman–Crippen LogP) is 3.69. The zero-order valence-corrected chi connectivity index (χ0v) is 12.3. The van der Waals surface area contributed by atoms with Crippen molar-refractivity contribution in [3.63, 3.8) is 0 Å². The fourth-order valence-corrected chi connectivity index (χ4v) is 2.83. The van der Waals surface area contributed by atoms with Crippen LogP contribution in [-0.2, 0) is 0 Å². The quantitative estimate of drug-likeness (QED) is 0.797. The molecule has 0 bridgehead atoms. The zero-order valence-electron chi connectivity index (χ0n) is 12.3. The van der Waals surface area contributed by atoms with Gasteiger partial charge in [-0.3, -0.25) is 0 Å². The van der Waals surface area contributed by atoms with Gasteiger partial charge in [-0.25, -0.2) is 8.80 Å². The fraction of sp³-hybridized carbons (Fsp3) is 0.400. The second-order valence-electron chi connectivity index (χ2n) is 5.13. The molecule has 2 heterocycles. The number of nitrogens with one attached hydrogen (secondary N) is 1. The van der Waals surface area contributed by atoms with Crippen molar-refractivity contribution in [2.24, 2.45) is 0 Å².